The molecule has 2 saturated heterocycles. The minimum Gasteiger partial charge on any atom is -0.378 e. The van der Waals surface area contributed by atoms with Gasteiger partial charge in [0.05, 0.1) is 24.6 Å². The van der Waals surface area contributed by atoms with Gasteiger partial charge < -0.3 is 20.3 Å². The summed E-state index contributed by atoms with van der Waals surface area (Å²) < 4.78 is 5.42. The van der Waals surface area contributed by atoms with Crippen molar-refractivity contribution in [2.45, 2.75) is 0 Å². The molecule has 2 aliphatic rings. The van der Waals surface area contributed by atoms with Crippen LogP contribution in [0.5, 0.6) is 0 Å². The van der Waals surface area contributed by atoms with E-state index in [1.807, 2.05) is 23.9 Å². The number of guanidine groups is 1. The Hall–Kier alpha value is -1.40. The van der Waals surface area contributed by atoms with Gasteiger partial charge >= 0.3 is 0 Å². The Morgan fingerprint density at radius 2 is 1.81 bits per heavy atom. The first-order valence-electron chi connectivity index (χ1n) is 7.43. The maximum absolute atomic E-state index is 6.20. The first kappa shape index (κ1) is 14.5. The molecule has 0 unspecified atom stereocenters. The van der Waals surface area contributed by atoms with Gasteiger partial charge in [-0.2, -0.15) is 11.8 Å². The van der Waals surface area contributed by atoms with Crippen LogP contribution in [0, 0.1) is 0 Å². The van der Waals surface area contributed by atoms with Crippen LogP contribution in [0.25, 0.3) is 0 Å². The summed E-state index contributed by atoms with van der Waals surface area (Å²) in [4.78, 5) is 9.18. The summed E-state index contributed by atoms with van der Waals surface area (Å²) in [5.41, 5.74) is 8.30. The summed E-state index contributed by atoms with van der Waals surface area (Å²) >= 11 is 1.97. The number of aliphatic imine (C=N–C) groups is 1. The average molecular weight is 306 g/mol. The van der Waals surface area contributed by atoms with Gasteiger partial charge in [-0.15, -0.1) is 0 Å². The first-order valence-corrected chi connectivity index (χ1v) is 8.58. The molecule has 0 aliphatic carbocycles. The minimum atomic E-state index is 0.635. The van der Waals surface area contributed by atoms with Crippen molar-refractivity contribution in [3.8, 4) is 0 Å². The molecule has 5 nitrogen and oxygen atoms in total. The maximum Gasteiger partial charge on any atom is 0.196 e. The van der Waals surface area contributed by atoms with Crippen molar-refractivity contribution in [1.82, 2.24) is 4.90 Å². The molecule has 3 rings (SSSR count). The SMILES string of the molecule is NC(=Nc1ccccc1N1CCOCC1)N1CCSCC1. The van der Waals surface area contributed by atoms with Crippen molar-refractivity contribution in [1.29, 1.82) is 0 Å². The van der Waals surface area contributed by atoms with E-state index in [0.29, 0.717) is 5.96 Å². The Morgan fingerprint density at radius 3 is 2.57 bits per heavy atom. The second-order valence-electron chi connectivity index (χ2n) is 5.16. The lowest BCUT2D eigenvalue weighted by atomic mass is 10.2. The molecular formula is C15H22N4OS. The van der Waals surface area contributed by atoms with E-state index in [1.54, 1.807) is 0 Å². The number of ether oxygens (including phenoxy) is 1. The topological polar surface area (TPSA) is 54.1 Å². The molecule has 2 fully saturated rings. The van der Waals surface area contributed by atoms with Crippen LogP contribution >= 0.6 is 11.8 Å². The molecule has 0 aromatic heterocycles. The molecular weight excluding hydrogens is 284 g/mol. The van der Waals surface area contributed by atoms with E-state index in [9.17, 15) is 0 Å². The van der Waals surface area contributed by atoms with Crippen molar-refractivity contribution in [2.24, 2.45) is 10.7 Å². The molecule has 0 bridgehead atoms. The standard InChI is InChI=1S/C15H22N4OS/c16-15(19-7-11-21-12-8-19)17-13-3-1-2-4-14(13)18-5-9-20-10-6-18/h1-4H,5-12H2,(H2,16,17). The van der Waals surface area contributed by atoms with Crippen LogP contribution in [-0.2, 0) is 4.74 Å². The lowest BCUT2D eigenvalue weighted by Crippen LogP contribution is -2.42. The molecule has 0 saturated carbocycles. The minimum absolute atomic E-state index is 0.635. The largest absolute Gasteiger partial charge is 0.378 e. The first-order chi connectivity index (χ1) is 10.3. The van der Waals surface area contributed by atoms with Gasteiger partial charge in [-0.05, 0) is 12.1 Å². The highest BCUT2D eigenvalue weighted by molar-refractivity contribution is 7.99. The third kappa shape index (κ3) is 3.63. The quantitative estimate of drug-likeness (QED) is 0.663. The van der Waals surface area contributed by atoms with Crippen molar-refractivity contribution in [3.05, 3.63) is 24.3 Å². The highest BCUT2D eigenvalue weighted by atomic mass is 32.2. The second kappa shape index (κ2) is 7.04. The maximum atomic E-state index is 6.20. The molecule has 1 aromatic rings. The van der Waals surface area contributed by atoms with Gasteiger partial charge in [-0.3, -0.25) is 0 Å². The molecule has 2 N–H and O–H groups in total. The molecule has 0 spiro atoms. The normalized spacial score (nSPS) is 20.7. The number of para-hydroxylation sites is 2. The van der Waals surface area contributed by atoms with Gasteiger partial charge in [-0.1, -0.05) is 12.1 Å². The molecule has 0 amide bonds. The Balaban J connectivity index is 1.80. The van der Waals surface area contributed by atoms with Crippen LogP contribution in [0.1, 0.15) is 0 Å². The zero-order chi connectivity index (χ0) is 14.5. The van der Waals surface area contributed by atoms with Gasteiger partial charge in [0.15, 0.2) is 5.96 Å². The summed E-state index contributed by atoms with van der Waals surface area (Å²) in [5, 5.41) is 0. The van der Waals surface area contributed by atoms with E-state index < -0.39 is 0 Å². The van der Waals surface area contributed by atoms with Crippen LogP contribution in [0.15, 0.2) is 29.3 Å². The summed E-state index contributed by atoms with van der Waals surface area (Å²) in [7, 11) is 0. The monoisotopic (exact) mass is 306 g/mol. The van der Waals surface area contributed by atoms with Crippen LogP contribution < -0.4 is 10.6 Å². The lowest BCUT2D eigenvalue weighted by Gasteiger charge is -2.30. The number of rotatable bonds is 2. The molecule has 6 heteroatoms. The van der Waals surface area contributed by atoms with Crippen LogP contribution in [-0.4, -0.2) is 61.8 Å². The third-order valence-electron chi connectivity index (χ3n) is 3.80. The zero-order valence-corrected chi connectivity index (χ0v) is 13.0. The summed E-state index contributed by atoms with van der Waals surface area (Å²) in [5.74, 6) is 2.89. The van der Waals surface area contributed by atoms with Crippen molar-refractivity contribution in [2.75, 3.05) is 55.8 Å². The fourth-order valence-electron chi connectivity index (χ4n) is 2.62. The molecule has 0 radical (unpaired) electrons. The van der Waals surface area contributed by atoms with Crippen molar-refractivity contribution < 1.29 is 4.74 Å². The van der Waals surface area contributed by atoms with Gasteiger partial charge in [0.25, 0.3) is 0 Å². The van der Waals surface area contributed by atoms with Crippen molar-refractivity contribution in [3.63, 3.8) is 0 Å². The summed E-state index contributed by atoms with van der Waals surface area (Å²) in [6, 6.07) is 8.22. The average Bonchev–Trinajstić information content (AvgIpc) is 2.57. The molecule has 1 aromatic carbocycles. The van der Waals surface area contributed by atoms with Gasteiger partial charge in [-0.25, -0.2) is 4.99 Å². The molecule has 2 aliphatic heterocycles. The van der Waals surface area contributed by atoms with Gasteiger partial charge in [0.2, 0.25) is 0 Å². The second-order valence-corrected chi connectivity index (χ2v) is 6.38. The molecule has 114 valence electrons. The van der Waals surface area contributed by atoms with E-state index in [4.69, 9.17) is 10.5 Å². The third-order valence-corrected chi connectivity index (χ3v) is 4.75. The Labute approximate surface area is 130 Å². The van der Waals surface area contributed by atoms with E-state index in [1.165, 1.54) is 0 Å². The number of hydrogen-bond acceptors (Lipinski definition) is 4. The number of nitrogens with two attached hydrogens (primary N) is 1. The van der Waals surface area contributed by atoms with E-state index in [2.05, 4.69) is 26.9 Å². The Morgan fingerprint density at radius 1 is 1.10 bits per heavy atom. The highest BCUT2D eigenvalue weighted by Gasteiger charge is 2.16. The Bertz CT molecular complexity index is 496. The van der Waals surface area contributed by atoms with Gasteiger partial charge in [0, 0.05) is 37.7 Å². The number of hydrogen-bond donors (Lipinski definition) is 1. The summed E-state index contributed by atoms with van der Waals surface area (Å²) in [6.07, 6.45) is 0. The predicted octanol–water partition coefficient (Wildman–Crippen LogP) is 1.52. The Kier molecular flexibility index (Phi) is 4.87. The molecule has 0 atom stereocenters. The fourth-order valence-corrected chi connectivity index (χ4v) is 3.52. The number of nitrogens with zero attached hydrogens (tertiary/aromatic N) is 3. The number of anilines is 1. The van der Waals surface area contributed by atoms with Crippen LogP contribution in [0.2, 0.25) is 0 Å². The molecule has 21 heavy (non-hydrogen) atoms. The van der Waals surface area contributed by atoms with Gasteiger partial charge in [0.1, 0.15) is 0 Å². The highest BCUT2D eigenvalue weighted by Crippen LogP contribution is 2.29. The van der Waals surface area contributed by atoms with Crippen LogP contribution in [0.4, 0.5) is 11.4 Å². The smallest absolute Gasteiger partial charge is 0.196 e. The zero-order valence-electron chi connectivity index (χ0n) is 12.2. The predicted molar refractivity (Wildman–Crippen MR) is 89.7 cm³/mol. The molecule has 2 heterocycles. The number of morpholine rings is 1. The summed E-state index contributed by atoms with van der Waals surface area (Å²) in [6.45, 7) is 5.34. The van der Waals surface area contributed by atoms with E-state index >= 15 is 0 Å². The van der Waals surface area contributed by atoms with E-state index in [-0.39, 0.29) is 0 Å². The number of thioether (sulfide) groups is 1. The fraction of sp³-hybridized carbons (Fsp3) is 0.533. The lowest BCUT2D eigenvalue weighted by molar-refractivity contribution is 0.123. The van der Waals surface area contributed by atoms with E-state index in [0.717, 1.165) is 62.3 Å². The van der Waals surface area contributed by atoms with Crippen molar-refractivity contribution >= 4 is 29.1 Å². The van der Waals surface area contributed by atoms with Crippen LogP contribution in [0.3, 0.4) is 0 Å². The number of benzene rings is 1.